The molecule has 1 aliphatic carbocycles. The standard InChI is InChI=1S/C23H30N6O2/c1-3-31-23-16(7-6-10-24-23)13-28-12-15(2)19(14-28)20-26-21-18(22(30)27-20)11-25-29(21)17-8-4-5-9-17/h6-7,10-11,15,17,19H,3-5,8-9,12-14H2,1-2H3,(H,26,27,30)/t15-,19-/m1/s1. The fourth-order valence-electron chi connectivity index (χ4n) is 5.15. The molecule has 8 heteroatoms. The molecule has 2 fully saturated rings. The third-order valence-corrected chi connectivity index (χ3v) is 6.72. The summed E-state index contributed by atoms with van der Waals surface area (Å²) < 4.78 is 7.68. The summed E-state index contributed by atoms with van der Waals surface area (Å²) in [6.45, 7) is 7.36. The third kappa shape index (κ3) is 3.84. The van der Waals surface area contributed by atoms with Gasteiger partial charge in [-0.25, -0.2) is 14.6 Å². The lowest BCUT2D eigenvalue weighted by Gasteiger charge is -2.17. The van der Waals surface area contributed by atoms with Gasteiger partial charge in [0, 0.05) is 37.3 Å². The predicted octanol–water partition coefficient (Wildman–Crippen LogP) is 3.26. The zero-order chi connectivity index (χ0) is 21.4. The van der Waals surface area contributed by atoms with Crippen LogP contribution in [0.1, 0.15) is 62.9 Å². The van der Waals surface area contributed by atoms with E-state index < -0.39 is 0 Å². The maximum Gasteiger partial charge on any atom is 0.262 e. The van der Waals surface area contributed by atoms with E-state index in [1.54, 1.807) is 12.4 Å². The van der Waals surface area contributed by atoms with E-state index in [4.69, 9.17) is 9.72 Å². The van der Waals surface area contributed by atoms with Gasteiger partial charge >= 0.3 is 0 Å². The van der Waals surface area contributed by atoms with Crippen LogP contribution in [0.3, 0.4) is 0 Å². The number of rotatable bonds is 6. The summed E-state index contributed by atoms with van der Waals surface area (Å²) in [5.74, 6) is 2.05. The van der Waals surface area contributed by atoms with Crippen LogP contribution in [0.5, 0.6) is 5.88 Å². The maximum atomic E-state index is 12.8. The number of hydrogen-bond acceptors (Lipinski definition) is 6. The molecule has 8 nitrogen and oxygen atoms in total. The number of H-pyrrole nitrogens is 1. The highest BCUT2D eigenvalue weighted by Gasteiger charge is 2.33. The molecule has 164 valence electrons. The Morgan fingerprint density at radius 1 is 1.26 bits per heavy atom. The number of aromatic amines is 1. The maximum absolute atomic E-state index is 12.8. The van der Waals surface area contributed by atoms with Gasteiger partial charge in [0.2, 0.25) is 5.88 Å². The van der Waals surface area contributed by atoms with Gasteiger partial charge in [-0.15, -0.1) is 0 Å². The van der Waals surface area contributed by atoms with E-state index in [0.717, 1.165) is 49.5 Å². The molecule has 1 saturated heterocycles. The van der Waals surface area contributed by atoms with E-state index in [2.05, 4.69) is 33.0 Å². The molecular weight excluding hydrogens is 392 g/mol. The highest BCUT2D eigenvalue weighted by Crippen LogP contribution is 2.34. The van der Waals surface area contributed by atoms with Gasteiger partial charge in [-0.2, -0.15) is 5.10 Å². The first kappa shape index (κ1) is 20.2. The zero-order valence-electron chi connectivity index (χ0n) is 18.3. The van der Waals surface area contributed by atoms with Crippen molar-refractivity contribution in [3.63, 3.8) is 0 Å². The number of hydrogen-bond donors (Lipinski definition) is 1. The van der Waals surface area contributed by atoms with Crippen LogP contribution in [-0.2, 0) is 6.54 Å². The number of aromatic nitrogens is 5. The Morgan fingerprint density at radius 2 is 2.10 bits per heavy atom. The Kier molecular flexibility index (Phi) is 5.48. The summed E-state index contributed by atoms with van der Waals surface area (Å²) >= 11 is 0. The van der Waals surface area contributed by atoms with Gasteiger partial charge in [-0.05, 0) is 31.7 Å². The Balaban J connectivity index is 1.40. The fraction of sp³-hybridized carbons (Fsp3) is 0.565. The quantitative estimate of drug-likeness (QED) is 0.656. The van der Waals surface area contributed by atoms with Crippen LogP contribution in [0.2, 0.25) is 0 Å². The first-order valence-electron chi connectivity index (χ1n) is 11.4. The summed E-state index contributed by atoms with van der Waals surface area (Å²) in [5.41, 5.74) is 1.75. The van der Waals surface area contributed by atoms with Crippen molar-refractivity contribution in [3.8, 4) is 5.88 Å². The number of fused-ring (bicyclic) bond motifs is 1. The fourth-order valence-corrected chi connectivity index (χ4v) is 5.15. The van der Waals surface area contributed by atoms with E-state index in [0.29, 0.717) is 29.8 Å². The lowest BCUT2D eigenvalue weighted by atomic mass is 9.97. The summed E-state index contributed by atoms with van der Waals surface area (Å²) in [5, 5.41) is 5.12. The first-order chi connectivity index (χ1) is 15.1. The van der Waals surface area contributed by atoms with E-state index >= 15 is 0 Å². The van der Waals surface area contributed by atoms with Crippen LogP contribution in [0.4, 0.5) is 0 Å². The molecule has 3 aromatic heterocycles. The second-order valence-electron chi connectivity index (χ2n) is 8.89. The molecular formula is C23H30N6O2. The molecule has 2 atom stereocenters. The number of pyridine rings is 1. The van der Waals surface area contributed by atoms with E-state index in [9.17, 15) is 4.79 Å². The topological polar surface area (TPSA) is 88.9 Å². The molecule has 3 aromatic rings. The minimum Gasteiger partial charge on any atom is -0.478 e. The van der Waals surface area contributed by atoms with Crippen molar-refractivity contribution >= 4 is 11.0 Å². The van der Waals surface area contributed by atoms with Gasteiger partial charge < -0.3 is 9.72 Å². The summed E-state index contributed by atoms with van der Waals surface area (Å²) in [6, 6.07) is 4.38. The molecule has 2 aliphatic rings. The molecule has 1 saturated carbocycles. The van der Waals surface area contributed by atoms with E-state index in [-0.39, 0.29) is 11.5 Å². The molecule has 31 heavy (non-hydrogen) atoms. The largest absolute Gasteiger partial charge is 0.478 e. The molecule has 1 N–H and O–H groups in total. The molecule has 5 rings (SSSR count). The van der Waals surface area contributed by atoms with Crippen molar-refractivity contribution in [1.29, 1.82) is 0 Å². The monoisotopic (exact) mass is 422 g/mol. The predicted molar refractivity (Wildman–Crippen MR) is 118 cm³/mol. The highest BCUT2D eigenvalue weighted by atomic mass is 16.5. The average Bonchev–Trinajstić information content (AvgIpc) is 3.49. The second kappa shape index (κ2) is 8.42. The average molecular weight is 423 g/mol. The van der Waals surface area contributed by atoms with Crippen LogP contribution in [-0.4, -0.2) is 49.3 Å². The Bertz CT molecular complexity index is 1120. The van der Waals surface area contributed by atoms with Crippen LogP contribution in [0, 0.1) is 5.92 Å². The van der Waals surface area contributed by atoms with Crippen molar-refractivity contribution in [2.24, 2.45) is 5.92 Å². The van der Waals surface area contributed by atoms with Crippen LogP contribution in [0.15, 0.2) is 29.3 Å². The molecule has 0 aromatic carbocycles. The molecule has 4 heterocycles. The summed E-state index contributed by atoms with van der Waals surface area (Å²) in [4.78, 5) is 27.6. The Labute approximate surface area is 181 Å². The molecule has 1 aliphatic heterocycles. The van der Waals surface area contributed by atoms with Gasteiger partial charge in [0.15, 0.2) is 5.65 Å². The number of nitrogens with one attached hydrogen (secondary N) is 1. The number of likely N-dealkylation sites (tertiary alicyclic amines) is 1. The second-order valence-corrected chi connectivity index (χ2v) is 8.89. The minimum atomic E-state index is -0.0826. The highest BCUT2D eigenvalue weighted by molar-refractivity contribution is 5.73. The molecule has 0 radical (unpaired) electrons. The van der Waals surface area contributed by atoms with Crippen molar-refractivity contribution in [1.82, 2.24) is 29.6 Å². The zero-order valence-corrected chi connectivity index (χ0v) is 18.3. The number of ether oxygens (including phenoxy) is 1. The van der Waals surface area contributed by atoms with Crippen LogP contribution < -0.4 is 10.3 Å². The minimum absolute atomic E-state index is 0.0826. The molecule has 0 spiro atoms. The number of nitrogens with zero attached hydrogens (tertiary/aromatic N) is 5. The van der Waals surface area contributed by atoms with E-state index in [1.807, 2.05) is 17.7 Å². The van der Waals surface area contributed by atoms with E-state index in [1.165, 1.54) is 12.8 Å². The SMILES string of the molecule is CCOc1ncccc1CN1C[C@@H](C)[C@H](c2nc3c(cnn3C3CCCC3)c(=O)[nH]2)C1. The smallest absolute Gasteiger partial charge is 0.262 e. The third-order valence-electron chi connectivity index (χ3n) is 6.72. The first-order valence-corrected chi connectivity index (χ1v) is 11.4. The van der Waals surface area contributed by atoms with Crippen molar-refractivity contribution < 1.29 is 4.74 Å². The van der Waals surface area contributed by atoms with Gasteiger partial charge in [-0.3, -0.25) is 9.69 Å². The van der Waals surface area contributed by atoms with Crippen LogP contribution in [0.25, 0.3) is 11.0 Å². The molecule has 0 unspecified atom stereocenters. The van der Waals surface area contributed by atoms with Gasteiger partial charge in [-0.1, -0.05) is 25.8 Å². The normalized spacial score (nSPS) is 22.5. The van der Waals surface area contributed by atoms with Gasteiger partial charge in [0.25, 0.3) is 5.56 Å². The van der Waals surface area contributed by atoms with Crippen LogP contribution >= 0.6 is 0 Å². The van der Waals surface area contributed by atoms with Gasteiger partial charge in [0.05, 0.1) is 18.8 Å². The van der Waals surface area contributed by atoms with Gasteiger partial charge in [0.1, 0.15) is 11.2 Å². The van der Waals surface area contributed by atoms with Crippen molar-refractivity contribution in [2.45, 2.75) is 58.0 Å². The lowest BCUT2D eigenvalue weighted by molar-refractivity contribution is 0.291. The summed E-state index contributed by atoms with van der Waals surface area (Å²) in [7, 11) is 0. The van der Waals surface area contributed by atoms with Crippen molar-refractivity contribution in [2.75, 3.05) is 19.7 Å². The Hall–Kier alpha value is -2.74. The molecule has 0 bridgehead atoms. The molecule has 0 amide bonds. The summed E-state index contributed by atoms with van der Waals surface area (Å²) in [6.07, 6.45) is 8.10. The van der Waals surface area contributed by atoms with Crippen molar-refractivity contribution in [3.05, 3.63) is 46.3 Å². The Morgan fingerprint density at radius 3 is 2.90 bits per heavy atom. The lowest BCUT2D eigenvalue weighted by Crippen LogP contribution is -2.22.